The van der Waals surface area contributed by atoms with Crippen molar-refractivity contribution in [2.75, 3.05) is 0 Å². The second-order valence-corrected chi connectivity index (χ2v) is 17.1. The summed E-state index contributed by atoms with van der Waals surface area (Å²) in [5.74, 6) is 0. The molecule has 45 heavy (non-hydrogen) atoms. The Morgan fingerprint density at radius 2 is 0.844 bits per heavy atom. The maximum atomic E-state index is 4.67. The van der Waals surface area contributed by atoms with Crippen LogP contribution in [-0.2, 0) is 29.4 Å². The molecular formula is C37H39Br4Cl2CuLi. The van der Waals surface area contributed by atoms with Crippen LogP contribution < -0.4 is 18.9 Å². The van der Waals surface area contributed by atoms with Crippen LogP contribution in [0.5, 0.6) is 0 Å². The molecule has 0 saturated heterocycles. The van der Waals surface area contributed by atoms with Gasteiger partial charge in [-0.3, -0.25) is 0 Å². The summed E-state index contributed by atoms with van der Waals surface area (Å²) < 4.78 is 4.89. The quantitative estimate of drug-likeness (QED) is 0.177. The molecule has 0 saturated carbocycles. The van der Waals surface area contributed by atoms with Gasteiger partial charge in [0.25, 0.3) is 0 Å². The Bertz CT molecular complexity index is 1530. The molecule has 0 radical (unpaired) electrons. The third-order valence-electron chi connectivity index (χ3n) is 8.54. The molecule has 0 nitrogen and oxygen atoms in total. The number of hydrogen-bond acceptors (Lipinski definition) is 0. The Morgan fingerprint density at radius 3 is 1.11 bits per heavy atom. The Kier molecular flexibility index (Phi) is 16.1. The molecule has 0 heterocycles. The van der Waals surface area contributed by atoms with E-state index in [4.69, 9.17) is 0 Å². The Hall–Kier alpha value is 0.497. The Morgan fingerprint density at radius 1 is 0.578 bits per heavy atom. The minimum absolute atomic E-state index is 0. The van der Waals surface area contributed by atoms with Crippen molar-refractivity contribution in [2.24, 2.45) is 0 Å². The number of allylic oxidation sites excluding steroid dienone is 3. The molecule has 8 heteroatoms. The fourth-order valence-electron chi connectivity index (χ4n) is 6.10. The van der Waals surface area contributed by atoms with Gasteiger partial charge in [-0.2, -0.15) is 6.42 Å². The number of benzene rings is 3. The second kappa shape index (κ2) is 17.4. The van der Waals surface area contributed by atoms with Crippen molar-refractivity contribution in [1.82, 2.24) is 0 Å². The summed E-state index contributed by atoms with van der Waals surface area (Å²) in [6, 6.07) is 26.0. The van der Waals surface area contributed by atoms with Crippen LogP contribution in [0.1, 0.15) is 94.7 Å². The van der Waals surface area contributed by atoms with Crippen molar-refractivity contribution in [1.29, 1.82) is 0 Å². The molecule has 3 aromatic carbocycles. The van der Waals surface area contributed by atoms with Gasteiger partial charge in [-0.15, -0.1) is 0 Å². The molecule has 0 aliphatic heterocycles. The molecule has 0 N–H and O–H groups in total. The van der Waals surface area contributed by atoms with Crippen LogP contribution in [0.4, 0.5) is 0 Å². The largest absolute Gasteiger partial charge is 1.00 e. The average Bonchev–Trinajstić information content (AvgIpc) is 3.42. The third-order valence-corrected chi connectivity index (χ3v) is 12.9. The zero-order valence-electron chi connectivity index (χ0n) is 27.1. The van der Waals surface area contributed by atoms with Crippen LogP contribution in [-0.4, -0.2) is 0 Å². The minimum atomic E-state index is -0.0247. The zero-order valence-corrected chi connectivity index (χ0v) is 35.9. The van der Waals surface area contributed by atoms with Gasteiger partial charge in [0.05, 0.1) is 0 Å². The van der Waals surface area contributed by atoms with Crippen LogP contribution in [0.2, 0.25) is 0 Å². The van der Waals surface area contributed by atoms with E-state index in [1.807, 2.05) is 0 Å². The number of halogens is 6. The molecule has 0 spiro atoms. The molecule has 0 atom stereocenters. The summed E-state index contributed by atoms with van der Waals surface area (Å²) in [7, 11) is 9.34. The van der Waals surface area contributed by atoms with E-state index in [1.54, 1.807) is 0 Å². The van der Waals surface area contributed by atoms with Crippen molar-refractivity contribution >= 4 is 97.4 Å². The van der Waals surface area contributed by atoms with Crippen LogP contribution in [0.25, 0.3) is 13.4 Å². The van der Waals surface area contributed by atoms with E-state index < -0.39 is 0 Å². The minimum Gasteiger partial charge on any atom is 1.00 e. The number of unbranched alkanes of at least 4 members (excludes halogenated alkanes) is 1. The molecular weight excluding hydrogens is 905 g/mol. The van der Waals surface area contributed by atoms with E-state index >= 15 is 0 Å². The van der Waals surface area contributed by atoms with Gasteiger partial charge in [0, 0.05) is 34.2 Å². The maximum Gasteiger partial charge on any atom is 1.00 e. The molecule has 0 amide bonds. The van der Waals surface area contributed by atoms with Gasteiger partial charge in [0.1, 0.15) is 0 Å². The molecule has 3 aromatic rings. The van der Waals surface area contributed by atoms with Crippen molar-refractivity contribution in [3.05, 3.63) is 129 Å². The molecule has 6 rings (SSSR count). The fraction of sp³-hybridized carbons (Fsp3) is 0.324. The molecule has 0 fully saturated rings. The molecule has 0 unspecified atom stereocenters. The van der Waals surface area contributed by atoms with Crippen LogP contribution >= 0.6 is 83.9 Å². The first-order chi connectivity index (χ1) is 20.7. The van der Waals surface area contributed by atoms with E-state index in [9.17, 15) is 0 Å². The van der Waals surface area contributed by atoms with Gasteiger partial charge < -0.3 is 6.92 Å². The van der Waals surface area contributed by atoms with Crippen LogP contribution in [0.3, 0.4) is 0 Å². The standard InChI is InChI=1S/C22H20Br2.C11H10Br2.C4H9.2ClH.Cu.Li/c1-21(2)15-11-7-5-9-13(15)19(23)17(21)18-20(24)14-10-6-8-12-16(14)22(18,3)4;1-11(2)8-6-4-3-5-7(8)9(12)10(11)13;1-3-4-2;;;;/h5-12H,1-4H3;3-6H,1-2H3;1,3-4H2,2H3;2*1H;;/q;;-1;;;+2;+1/p-2. The summed E-state index contributed by atoms with van der Waals surface area (Å²) in [6.07, 6.45) is 2.28. The van der Waals surface area contributed by atoms with Crippen molar-refractivity contribution in [3.8, 4) is 0 Å². The van der Waals surface area contributed by atoms with Crippen molar-refractivity contribution in [2.45, 2.75) is 77.6 Å². The predicted octanol–water partition coefficient (Wildman–Crippen LogP) is 11.6. The van der Waals surface area contributed by atoms with Gasteiger partial charge in [-0.05, 0) is 92.3 Å². The number of hydrogen-bond donors (Lipinski definition) is 0. The van der Waals surface area contributed by atoms with Gasteiger partial charge >= 0.3 is 52.2 Å². The van der Waals surface area contributed by atoms with Gasteiger partial charge in [-0.1, -0.05) is 144 Å². The Labute approximate surface area is 332 Å². The average molecular weight is 945 g/mol. The SMILES string of the molecule is CC1(C)C(Br)=C(Br)c2ccccc21.CC1(C)C(C2=C(Br)c3ccccc3C2(C)C)=C(Br)c2ccccc21.[CH2-]CCC.[Cl][Cu][Cl].[Li+]. The van der Waals surface area contributed by atoms with Gasteiger partial charge in [-0.25, -0.2) is 0 Å². The maximum absolute atomic E-state index is 4.67. The first-order valence-corrected chi connectivity index (χ1v) is 20.2. The fourth-order valence-corrected chi connectivity index (χ4v) is 9.45. The van der Waals surface area contributed by atoms with E-state index in [0.717, 1.165) is 19.6 Å². The smallest absolute Gasteiger partial charge is 1.00 e. The summed E-state index contributed by atoms with van der Waals surface area (Å²) in [5.41, 5.74) is 11.0. The first kappa shape index (κ1) is 41.7. The molecule has 3 aliphatic rings. The topological polar surface area (TPSA) is 0 Å². The van der Waals surface area contributed by atoms with E-state index in [0.29, 0.717) is 0 Å². The van der Waals surface area contributed by atoms with Crippen LogP contribution in [0, 0.1) is 6.92 Å². The van der Waals surface area contributed by atoms with Crippen LogP contribution in [0.15, 0.2) is 88.4 Å². The monoisotopic (exact) mass is 939 g/mol. The number of fused-ring (bicyclic) bond motifs is 3. The summed E-state index contributed by atoms with van der Waals surface area (Å²) >= 11 is 15.9. The summed E-state index contributed by atoms with van der Waals surface area (Å²) in [6.45, 7) is 19.5. The Balaban J connectivity index is 0.000000283. The molecule has 0 bridgehead atoms. The molecule has 241 valence electrons. The van der Waals surface area contributed by atoms with E-state index in [-0.39, 0.29) is 35.1 Å². The van der Waals surface area contributed by atoms with E-state index in [2.05, 4.69) is 212 Å². The predicted molar refractivity (Wildman–Crippen MR) is 207 cm³/mol. The summed E-state index contributed by atoms with van der Waals surface area (Å²) in [4.78, 5) is 0. The third kappa shape index (κ3) is 8.28. The normalized spacial score (nSPS) is 17.6. The van der Waals surface area contributed by atoms with Gasteiger partial charge in [0.15, 0.2) is 0 Å². The zero-order chi connectivity index (χ0) is 33.0. The van der Waals surface area contributed by atoms with Gasteiger partial charge in [0.2, 0.25) is 0 Å². The van der Waals surface area contributed by atoms with E-state index in [1.165, 1.54) is 68.9 Å². The number of rotatable bonds is 2. The second-order valence-electron chi connectivity index (χ2n) is 12.4. The van der Waals surface area contributed by atoms with Crippen molar-refractivity contribution in [3.63, 3.8) is 0 Å². The molecule has 0 aromatic heterocycles. The first-order valence-electron chi connectivity index (χ1n) is 14.4. The van der Waals surface area contributed by atoms with Crippen molar-refractivity contribution < 1.29 is 32.0 Å². The molecule has 3 aliphatic carbocycles. The summed E-state index contributed by atoms with van der Waals surface area (Å²) in [5, 5.41) is 0.